The van der Waals surface area contributed by atoms with Crippen LogP contribution in [0, 0.1) is 0 Å². The van der Waals surface area contributed by atoms with Crippen LogP contribution in [0.5, 0.6) is 0 Å². The van der Waals surface area contributed by atoms with Gasteiger partial charge in [0.05, 0.1) is 5.75 Å². The van der Waals surface area contributed by atoms with Crippen molar-refractivity contribution in [3.05, 3.63) is 35.9 Å². The minimum atomic E-state index is -0.790. The maximum atomic E-state index is 11.7. The van der Waals surface area contributed by atoms with Gasteiger partial charge in [-0.25, -0.2) is 0 Å². The SMILES string of the molecule is CC(CCCC(=O)O)NC(=O)CSCc1ccccc1. The number of carbonyl (C=O) groups excluding carboxylic acids is 1. The molecule has 0 saturated heterocycles. The molecular formula is C15H21NO3S. The van der Waals surface area contributed by atoms with Gasteiger partial charge in [0.2, 0.25) is 5.91 Å². The molecule has 0 aliphatic carbocycles. The molecular weight excluding hydrogens is 274 g/mol. The van der Waals surface area contributed by atoms with Crippen molar-refractivity contribution in [1.29, 1.82) is 0 Å². The first-order valence-electron chi connectivity index (χ1n) is 6.70. The molecule has 0 saturated carbocycles. The zero-order valence-corrected chi connectivity index (χ0v) is 12.5. The third-order valence-corrected chi connectivity index (χ3v) is 3.78. The number of carboxylic acids is 1. The topological polar surface area (TPSA) is 66.4 Å². The highest BCUT2D eigenvalue weighted by Gasteiger charge is 2.08. The maximum Gasteiger partial charge on any atom is 0.303 e. The number of aliphatic carboxylic acids is 1. The number of amides is 1. The quantitative estimate of drug-likeness (QED) is 0.735. The van der Waals surface area contributed by atoms with Gasteiger partial charge in [-0.2, -0.15) is 0 Å². The summed E-state index contributed by atoms with van der Waals surface area (Å²) in [5, 5.41) is 11.4. The largest absolute Gasteiger partial charge is 0.481 e. The molecule has 4 nitrogen and oxygen atoms in total. The lowest BCUT2D eigenvalue weighted by atomic mass is 10.1. The number of thioether (sulfide) groups is 1. The van der Waals surface area contributed by atoms with E-state index in [1.165, 1.54) is 5.56 Å². The highest BCUT2D eigenvalue weighted by molar-refractivity contribution is 7.99. The second-order valence-electron chi connectivity index (χ2n) is 4.73. The van der Waals surface area contributed by atoms with Crippen molar-refractivity contribution >= 4 is 23.6 Å². The molecule has 0 bridgehead atoms. The van der Waals surface area contributed by atoms with Gasteiger partial charge in [-0.05, 0) is 25.3 Å². The van der Waals surface area contributed by atoms with Gasteiger partial charge in [0, 0.05) is 18.2 Å². The van der Waals surface area contributed by atoms with Crippen molar-refractivity contribution in [2.24, 2.45) is 0 Å². The van der Waals surface area contributed by atoms with Gasteiger partial charge in [0.25, 0.3) is 0 Å². The average molecular weight is 295 g/mol. The van der Waals surface area contributed by atoms with E-state index in [-0.39, 0.29) is 18.4 Å². The summed E-state index contributed by atoms with van der Waals surface area (Å²) in [6, 6.07) is 10.1. The van der Waals surface area contributed by atoms with Crippen LogP contribution in [-0.2, 0) is 15.3 Å². The lowest BCUT2D eigenvalue weighted by Crippen LogP contribution is -2.33. The fourth-order valence-corrected chi connectivity index (χ4v) is 2.58. The van der Waals surface area contributed by atoms with Crippen LogP contribution < -0.4 is 5.32 Å². The summed E-state index contributed by atoms with van der Waals surface area (Å²) in [4.78, 5) is 22.1. The van der Waals surface area contributed by atoms with Gasteiger partial charge in [-0.3, -0.25) is 9.59 Å². The molecule has 1 aromatic rings. The van der Waals surface area contributed by atoms with Crippen molar-refractivity contribution < 1.29 is 14.7 Å². The zero-order valence-electron chi connectivity index (χ0n) is 11.7. The van der Waals surface area contributed by atoms with E-state index in [0.29, 0.717) is 18.6 Å². The standard InChI is InChI=1S/C15H21NO3S/c1-12(6-5-9-15(18)19)16-14(17)11-20-10-13-7-3-2-4-8-13/h2-4,7-8,12H,5-6,9-11H2,1H3,(H,16,17)(H,18,19). The maximum absolute atomic E-state index is 11.7. The van der Waals surface area contributed by atoms with Crippen LogP contribution in [0.1, 0.15) is 31.7 Å². The van der Waals surface area contributed by atoms with Gasteiger partial charge in [0.15, 0.2) is 0 Å². The van der Waals surface area contributed by atoms with Crippen molar-refractivity contribution in [1.82, 2.24) is 5.32 Å². The molecule has 1 aromatic carbocycles. The van der Waals surface area contributed by atoms with Crippen molar-refractivity contribution in [3.63, 3.8) is 0 Å². The molecule has 0 aromatic heterocycles. The first-order chi connectivity index (χ1) is 9.58. The third-order valence-electron chi connectivity index (χ3n) is 2.78. The summed E-state index contributed by atoms with van der Waals surface area (Å²) >= 11 is 1.58. The highest BCUT2D eigenvalue weighted by atomic mass is 32.2. The van der Waals surface area contributed by atoms with Crippen LogP contribution in [-0.4, -0.2) is 28.8 Å². The Bertz CT molecular complexity index is 422. The van der Waals surface area contributed by atoms with E-state index in [9.17, 15) is 9.59 Å². The van der Waals surface area contributed by atoms with Crippen LogP contribution in [0.4, 0.5) is 0 Å². The Morgan fingerprint density at radius 3 is 2.65 bits per heavy atom. The molecule has 110 valence electrons. The highest BCUT2D eigenvalue weighted by Crippen LogP contribution is 2.11. The molecule has 1 rings (SSSR count). The van der Waals surface area contributed by atoms with Gasteiger partial charge >= 0.3 is 5.97 Å². The molecule has 20 heavy (non-hydrogen) atoms. The van der Waals surface area contributed by atoms with E-state index < -0.39 is 5.97 Å². The number of hydrogen-bond acceptors (Lipinski definition) is 3. The van der Waals surface area contributed by atoms with Crippen molar-refractivity contribution in [2.75, 3.05) is 5.75 Å². The van der Waals surface area contributed by atoms with Gasteiger partial charge < -0.3 is 10.4 Å². The normalized spacial score (nSPS) is 11.8. The first kappa shape index (κ1) is 16.6. The lowest BCUT2D eigenvalue weighted by Gasteiger charge is -2.13. The number of rotatable bonds is 9. The Morgan fingerprint density at radius 1 is 1.30 bits per heavy atom. The van der Waals surface area contributed by atoms with E-state index in [0.717, 1.165) is 5.75 Å². The summed E-state index contributed by atoms with van der Waals surface area (Å²) in [6.45, 7) is 1.90. The molecule has 1 atom stereocenters. The van der Waals surface area contributed by atoms with Gasteiger partial charge in [-0.1, -0.05) is 30.3 Å². The molecule has 0 aliphatic heterocycles. The molecule has 1 amide bonds. The van der Waals surface area contributed by atoms with Crippen LogP contribution in [0.3, 0.4) is 0 Å². The Morgan fingerprint density at radius 2 is 2.00 bits per heavy atom. The summed E-state index contributed by atoms with van der Waals surface area (Å²) in [5.74, 6) is 0.468. The molecule has 0 heterocycles. The predicted octanol–water partition coefficient (Wildman–Crippen LogP) is 2.68. The molecule has 0 aliphatic rings. The van der Waals surface area contributed by atoms with Crippen LogP contribution in [0.2, 0.25) is 0 Å². The summed E-state index contributed by atoms with van der Waals surface area (Å²) in [6.07, 6.45) is 1.44. The van der Waals surface area contributed by atoms with Crippen LogP contribution in [0.25, 0.3) is 0 Å². The Kier molecular flexibility index (Phi) is 7.80. The van der Waals surface area contributed by atoms with Crippen LogP contribution in [0.15, 0.2) is 30.3 Å². The van der Waals surface area contributed by atoms with Gasteiger partial charge in [-0.15, -0.1) is 11.8 Å². The lowest BCUT2D eigenvalue weighted by molar-refractivity contribution is -0.137. The molecule has 1 unspecified atom stereocenters. The smallest absolute Gasteiger partial charge is 0.303 e. The summed E-state index contributed by atoms with van der Waals surface area (Å²) in [5.41, 5.74) is 1.21. The van der Waals surface area contributed by atoms with E-state index in [1.807, 2.05) is 37.3 Å². The number of carboxylic acid groups (broad SMARTS) is 1. The molecule has 2 N–H and O–H groups in total. The monoisotopic (exact) mass is 295 g/mol. The molecule has 0 radical (unpaired) electrons. The minimum absolute atomic E-state index is 0.00811. The Hall–Kier alpha value is -1.49. The average Bonchev–Trinajstić information content (AvgIpc) is 2.39. The van der Waals surface area contributed by atoms with Gasteiger partial charge in [0.1, 0.15) is 0 Å². The van der Waals surface area contributed by atoms with E-state index >= 15 is 0 Å². The fourth-order valence-electron chi connectivity index (χ4n) is 1.78. The van der Waals surface area contributed by atoms with Crippen molar-refractivity contribution in [3.8, 4) is 0 Å². The number of carbonyl (C=O) groups is 2. The van der Waals surface area contributed by atoms with E-state index in [1.54, 1.807) is 11.8 Å². The fraction of sp³-hybridized carbons (Fsp3) is 0.467. The van der Waals surface area contributed by atoms with E-state index in [4.69, 9.17) is 5.11 Å². The number of benzene rings is 1. The second-order valence-corrected chi connectivity index (χ2v) is 5.72. The minimum Gasteiger partial charge on any atom is -0.481 e. The second kappa shape index (κ2) is 9.42. The number of nitrogens with one attached hydrogen (secondary N) is 1. The van der Waals surface area contributed by atoms with E-state index in [2.05, 4.69) is 5.32 Å². The summed E-state index contributed by atoms with van der Waals surface area (Å²) < 4.78 is 0. The number of hydrogen-bond donors (Lipinski definition) is 2. The Balaban J connectivity index is 2.12. The predicted molar refractivity (Wildman–Crippen MR) is 81.7 cm³/mol. The van der Waals surface area contributed by atoms with Crippen molar-refractivity contribution in [2.45, 2.75) is 38.0 Å². The molecule has 0 spiro atoms. The first-order valence-corrected chi connectivity index (χ1v) is 7.86. The summed E-state index contributed by atoms with van der Waals surface area (Å²) in [7, 11) is 0. The molecule has 5 heteroatoms. The zero-order chi connectivity index (χ0) is 14.8. The third kappa shape index (κ3) is 7.84. The molecule has 0 fully saturated rings. The van der Waals surface area contributed by atoms with Crippen LogP contribution >= 0.6 is 11.8 Å². The Labute approximate surface area is 124 Å².